The molecule has 1 unspecified atom stereocenters. The molecule has 0 aromatic heterocycles. The van der Waals surface area contributed by atoms with E-state index in [-0.39, 0.29) is 18.0 Å². The van der Waals surface area contributed by atoms with Crippen LogP contribution in [0, 0.1) is 0 Å². The normalized spacial score (nSPS) is 21.7. The monoisotopic (exact) mass is 345 g/mol. The van der Waals surface area contributed by atoms with Crippen LogP contribution >= 0.6 is 0 Å². The maximum atomic E-state index is 12.3. The minimum Gasteiger partial charge on any atom is -0.497 e. The Bertz CT molecular complexity index is 594. The molecule has 1 aromatic rings. The Balaban J connectivity index is 1.50. The van der Waals surface area contributed by atoms with E-state index >= 15 is 0 Å². The number of nitrogens with zero attached hydrogens (tertiary/aromatic N) is 1. The molecular weight excluding hydrogens is 318 g/mol. The molecule has 3 amide bonds. The first kappa shape index (κ1) is 17.6. The van der Waals surface area contributed by atoms with Gasteiger partial charge in [-0.15, -0.1) is 0 Å². The van der Waals surface area contributed by atoms with Crippen LogP contribution in [0.2, 0.25) is 0 Å². The van der Waals surface area contributed by atoms with Gasteiger partial charge in [-0.2, -0.15) is 0 Å². The van der Waals surface area contributed by atoms with Crippen molar-refractivity contribution in [3.63, 3.8) is 0 Å². The summed E-state index contributed by atoms with van der Waals surface area (Å²) >= 11 is 0. The van der Waals surface area contributed by atoms with Gasteiger partial charge in [0.05, 0.1) is 13.2 Å². The molecule has 2 N–H and O–H groups in total. The number of benzene rings is 1. The third-order valence-electron chi connectivity index (χ3n) is 5.11. The van der Waals surface area contributed by atoms with Gasteiger partial charge < -0.3 is 20.3 Å². The fraction of sp³-hybridized carbons (Fsp3) is 0.579. The van der Waals surface area contributed by atoms with Gasteiger partial charge >= 0.3 is 6.03 Å². The zero-order valence-electron chi connectivity index (χ0n) is 14.8. The number of hydrogen-bond donors (Lipinski definition) is 2. The van der Waals surface area contributed by atoms with Crippen molar-refractivity contribution in [2.45, 2.75) is 57.0 Å². The van der Waals surface area contributed by atoms with Gasteiger partial charge in [-0.05, 0) is 37.1 Å². The van der Waals surface area contributed by atoms with Crippen molar-refractivity contribution in [2.75, 3.05) is 19.0 Å². The summed E-state index contributed by atoms with van der Waals surface area (Å²) in [7, 11) is 1.60. The van der Waals surface area contributed by atoms with Gasteiger partial charge in [-0.3, -0.25) is 4.79 Å². The van der Waals surface area contributed by atoms with E-state index in [9.17, 15) is 9.59 Å². The highest BCUT2D eigenvalue weighted by Crippen LogP contribution is 2.26. The van der Waals surface area contributed by atoms with E-state index in [1.54, 1.807) is 31.4 Å². The van der Waals surface area contributed by atoms with Crippen LogP contribution in [-0.4, -0.2) is 42.6 Å². The van der Waals surface area contributed by atoms with Crippen molar-refractivity contribution in [2.24, 2.45) is 0 Å². The Morgan fingerprint density at radius 2 is 1.80 bits per heavy atom. The van der Waals surface area contributed by atoms with Crippen molar-refractivity contribution in [1.82, 2.24) is 10.2 Å². The molecule has 6 nitrogen and oxygen atoms in total. The van der Waals surface area contributed by atoms with Crippen molar-refractivity contribution in [3.05, 3.63) is 24.3 Å². The van der Waals surface area contributed by atoms with Crippen LogP contribution in [0.25, 0.3) is 0 Å². The first-order chi connectivity index (χ1) is 12.2. The minimum absolute atomic E-state index is 0.117. The molecule has 3 rings (SSSR count). The molecule has 6 heteroatoms. The maximum Gasteiger partial charge on any atom is 0.319 e. The van der Waals surface area contributed by atoms with Gasteiger partial charge in [0.2, 0.25) is 5.91 Å². The Labute approximate surface area is 148 Å². The van der Waals surface area contributed by atoms with Crippen LogP contribution in [0.4, 0.5) is 10.5 Å². The second-order valence-electron chi connectivity index (χ2n) is 6.92. The predicted molar refractivity (Wildman–Crippen MR) is 96.8 cm³/mol. The summed E-state index contributed by atoms with van der Waals surface area (Å²) in [4.78, 5) is 26.5. The standard InChI is InChI=1S/C19H27N3O3/c1-25-17-10-8-14(9-11-17)20-19(24)21-15-12-18(23)22(13-15)16-6-4-2-3-5-7-16/h8-11,15-16H,2-7,12-13H2,1H3,(H2,20,21,24). The zero-order valence-corrected chi connectivity index (χ0v) is 14.8. The highest BCUT2D eigenvalue weighted by molar-refractivity contribution is 5.90. The number of nitrogens with one attached hydrogen (secondary N) is 2. The van der Waals surface area contributed by atoms with E-state index in [4.69, 9.17) is 4.74 Å². The lowest BCUT2D eigenvalue weighted by molar-refractivity contribution is -0.129. The molecule has 136 valence electrons. The SMILES string of the molecule is COc1ccc(NC(=O)NC2CC(=O)N(C3CCCCCC3)C2)cc1. The molecule has 1 atom stereocenters. The molecule has 0 bridgehead atoms. The second kappa shape index (κ2) is 8.23. The van der Waals surface area contributed by atoms with E-state index < -0.39 is 0 Å². The average Bonchev–Trinajstić information content (AvgIpc) is 2.81. The first-order valence-corrected chi connectivity index (χ1v) is 9.17. The maximum absolute atomic E-state index is 12.3. The van der Waals surface area contributed by atoms with Crippen LogP contribution < -0.4 is 15.4 Å². The molecule has 1 aliphatic heterocycles. The van der Waals surface area contributed by atoms with Gasteiger partial charge in [0.15, 0.2) is 0 Å². The molecule has 1 saturated carbocycles. The lowest BCUT2D eigenvalue weighted by Crippen LogP contribution is -2.42. The smallest absolute Gasteiger partial charge is 0.319 e. The predicted octanol–water partition coefficient (Wildman–Crippen LogP) is 3.14. The summed E-state index contributed by atoms with van der Waals surface area (Å²) in [6, 6.07) is 7.13. The Morgan fingerprint density at radius 3 is 2.44 bits per heavy atom. The lowest BCUT2D eigenvalue weighted by atomic mass is 10.1. The summed E-state index contributed by atoms with van der Waals surface area (Å²) in [6.07, 6.45) is 7.52. The van der Waals surface area contributed by atoms with Gasteiger partial charge in [0.25, 0.3) is 0 Å². The second-order valence-corrected chi connectivity index (χ2v) is 6.92. The van der Waals surface area contributed by atoms with E-state index in [0.717, 1.165) is 18.6 Å². The summed E-state index contributed by atoms with van der Waals surface area (Å²) in [5, 5.41) is 5.73. The Morgan fingerprint density at radius 1 is 1.12 bits per heavy atom. The fourth-order valence-electron chi connectivity index (χ4n) is 3.78. The van der Waals surface area contributed by atoms with Crippen LogP contribution in [0.1, 0.15) is 44.9 Å². The number of rotatable bonds is 4. The van der Waals surface area contributed by atoms with Crippen LogP contribution in [-0.2, 0) is 4.79 Å². The molecule has 1 heterocycles. The molecule has 2 fully saturated rings. The number of amides is 3. The fourth-order valence-corrected chi connectivity index (χ4v) is 3.78. The van der Waals surface area contributed by atoms with Crippen molar-refractivity contribution in [1.29, 1.82) is 0 Å². The largest absolute Gasteiger partial charge is 0.497 e. The molecule has 1 aromatic carbocycles. The minimum atomic E-state index is -0.273. The Kier molecular flexibility index (Phi) is 5.79. The molecular formula is C19H27N3O3. The highest BCUT2D eigenvalue weighted by atomic mass is 16.5. The van der Waals surface area contributed by atoms with Gasteiger partial charge in [0, 0.05) is 24.7 Å². The number of ether oxygens (including phenoxy) is 1. The molecule has 0 radical (unpaired) electrons. The summed E-state index contributed by atoms with van der Waals surface area (Å²) in [6.45, 7) is 0.625. The zero-order chi connectivity index (χ0) is 17.6. The third-order valence-corrected chi connectivity index (χ3v) is 5.11. The number of carbonyl (C=O) groups excluding carboxylic acids is 2. The van der Waals surface area contributed by atoms with Crippen LogP contribution in [0.15, 0.2) is 24.3 Å². The van der Waals surface area contributed by atoms with Crippen LogP contribution in [0.3, 0.4) is 0 Å². The van der Waals surface area contributed by atoms with Gasteiger partial charge in [0.1, 0.15) is 5.75 Å². The van der Waals surface area contributed by atoms with Crippen LogP contribution in [0.5, 0.6) is 5.75 Å². The lowest BCUT2D eigenvalue weighted by Gasteiger charge is -2.27. The third kappa shape index (κ3) is 4.65. The summed E-state index contributed by atoms with van der Waals surface area (Å²) in [5.41, 5.74) is 0.697. The molecule has 25 heavy (non-hydrogen) atoms. The van der Waals surface area contributed by atoms with Crippen molar-refractivity contribution < 1.29 is 14.3 Å². The number of likely N-dealkylation sites (tertiary alicyclic amines) is 1. The highest BCUT2D eigenvalue weighted by Gasteiger charge is 2.35. The average molecular weight is 345 g/mol. The van der Waals surface area contributed by atoms with Gasteiger partial charge in [-0.25, -0.2) is 4.79 Å². The number of methoxy groups -OCH3 is 1. The van der Waals surface area contributed by atoms with E-state index in [1.807, 2.05) is 4.90 Å². The number of carbonyl (C=O) groups is 2. The van der Waals surface area contributed by atoms with E-state index in [2.05, 4.69) is 10.6 Å². The topological polar surface area (TPSA) is 70.7 Å². The number of hydrogen-bond acceptors (Lipinski definition) is 3. The van der Waals surface area contributed by atoms with E-state index in [1.165, 1.54) is 25.7 Å². The van der Waals surface area contributed by atoms with E-state index in [0.29, 0.717) is 24.7 Å². The Hall–Kier alpha value is -2.24. The molecule has 1 aliphatic carbocycles. The van der Waals surface area contributed by atoms with Gasteiger partial charge in [-0.1, -0.05) is 25.7 Å². The number of urea groups is 1. The molecule has 2 aliphatic rings. The summed E-state index contributed by atoms with van der Waals surface area (Å²) < 4.78 is 5.10. The summed E-state index contributed by atoms with van der Waals surface area (Å²) in [5.74, 6) is 0.910. The van der Waals surface area contributed by atoms with Crippen molar-refractivity contribution >= 4 is 17.6 Å². The first-order valence-electron chi connectivity index (χ1n) is 9.17. The number of anilines is 1. The van der Waals surface area contributed by atoms with Crippen molar-refractivity contribution in [3.8, 4) is 5.75 Å². The quantitative estimate of drug-likeness (QED) is 0.824. The molecule has 0 spiro atoms. The molecule has 1 saturated heterocycles.